The number of carbonyl (C=O) groups excluding carboxylic acids is 2. The molecule has 1 aliphatic heterocycles. The second-order valence-corrected chi connectivity index (χ2v) is 11.3. The molecule has 4 rings (SSSR count). The van der Waals surface area contributed by atoms with Crippen molar-refractivity contribution in [3.63, 3.8) is 0 Å². The van der Waals surface area contributed by atoms with Crippen LogP contribution < -0.4 is 9.47 Å². The van der Waals surface area contributed by atoms with Gasteiger partial charge in [-0.3, -0.25) is 9.59 Å². The summed E-state index contributed by atoms with van der Waals surface area (Å²) in [5.74, 6) is -0.210. The number of rotatable bonds is 7. The third-order valence-corrected chi connectivity index (χ3v) is 6.96. The fourth-order valence-corrected chi connectivity index (χ4v) is 4.83. The van der Waals surface area contributed by atoms with Gasteiger partial charge >= 0.3 is 0 Å². The molecule has 1 atom stereocenters. The van der Waals surface area contributed by atoms with Crippen molar-refractivity contribution in [1.82, 2.24) is 4.90 Å². The van der Waals surface area contributed by atoms with Crippen molar-refractivity contribution in [2.45, 2.75) is 65.6 Å². The molecule has 0 aromatic heterocycles. The highest BCUT2D eigenvalue weighted by Gasteiger charge is 2.46. The Morgan fingerprint density at radius 3 is 2.28 bits per heavy atom. The van der Waals surface area contributed by atoms with E-state index in [-0.39, 0.29) is 29.4 Å². The molecule has 39 heavy (non-hydrogen) atoms. The van der Waals surface area contributed by atoms with Gasteiger partial charge in [-0.1, -0.05) is 57.2 Å². The van der Waals surface area contributed by atoms with Crippen LogP contribution in [0.1, 0.15) is 68.5 Å². The third-order valence-electron chi connectivity index (χ3n) is 6.96. The normalized spacial score (nSPS) is 17.1. The van der Waals surface area contributed by atoms with Gasteiger partial charge in [-0.15, -0.1) is 0 Å². The minimum absolute atomic E-state index is 0.0435. The van der Waals surface area contributed by atoms with Crippen molar-refractivity contribution in [3.05, 3.63) is 100 Å². The molecule has 3 aromatic carbocycles. The number of likely N-dealkylation sites (tertiary alicyclic amines) is 1. The standard InChI is InChI=1S/C33H37NO5/c1-20(2)39-25-15-12-22(13-16-25)19-34-29(23-9-8-10-26(17-23)38-7)28(31(36)32(34)37)30(35)27-18-24(33(4,5)6)14-11-21(27)3/h8-18,20,29,35H,19H2,1-7H3/b30-28+. The first-order valence-electron chi connectivity index (χ1n) is 13.2. The van der Waals surface area contributed by atoms with Crippen LogP contribution in [0.25, 0.3) is 5.76 Å². The molecule has 1 unspecified atom stereocenters. The van der Waals surface area contributed by atoms with Gasteiger partial charge in [0.1, 0.15) is 17.3 Å². The van der Waals surface area contributed by atoms with Crippen LogP contribution in [0.2, 0.25) is 0 Å². The summed E-state index contributed by atoms with van der Waals surface area (Å²) in [5, 5.41) is 11.7. The molecule has 1 heterocycles. The number of carbonyl (C=O) groups is 2. The summed E-state index contributed by atoms with van der Waals surface area (Å²) >= 11 is 0. The topological polar surface area (TPSA) is 76.1 Å². The number of ether oxygens (including phenoxy) is 2. The number of methoxy groups -OCH3 is 1. The Kier molecular flexibility index (Phi) is 7.86. The molecule has 1 fully saturated rings. The summed E-state index contributed by atoms with van der Waals surface area (Å²) in [6.07, 6.45) is 0.0435. The Morgan fingerprint density at radius 2 is 1.67 bits per heavy atom. The fraction of sp³-hybridized carbons (Fsp3) is 0.333. The lowest BCUT2D eigenvalue weighted by Crippen LogP contribution is -2.29. The van der Waals surface area contributed by atoms with Gasteiger partial charge in [0.15, 0.2) is 0 Å². The van der Waals surface area contributed by atoms with Crippen molar-refractivity contribution >= 4 is 17.4 Å². The van der Waals surface area contributed by atoms with Crippen molar-refractivity contribution < 1.29 is 24.2 Å². The largest absolute Gasteiger partial charge is 0.507 e. The summed E-state index contributed by atoms with van der Waals surface area (Å²) in [6.45, 7) is 12.3. The van der Waals surface area contributed by atoms with Crippen LogP contribution in [0.15, 0.2) is 72.3 Å². The number of benzene rings is 3. The summed E-state index contributed by atoms with van der Waals surface area (Å²) in [7, 11) is 1.57. The molecule has 0 radical (unpaired) electrons. The minimum atomic E-state index is -0.788. The van der Waals surface area contributed by atoms with E-state index in [0.717, 1.165) is 22.4 Å². The van der Waals surface area contributed by atoms with E-state index in [9.17, 15) is 14.7 Å². The molecule has 0 aliphatic carbocycles. The Morgan fingerprint density at radius 1 is 0.974 bits per heavy atom. The minimum Gasteiger partial charge on any atom is -0.507 e. The number of ketones is 1. The van der Waals surface area contributed by atoms with Crippen LogP contribution in [-0.2, 0) is 21.5 Å². The van der Waals surface area contributed by atoms with Crippen molar-refractivity contribution in [2.75, 3.05) is 7.11 Å². The Labute approximate surface area is 230 Å². The monoisotopic (exact) mass is 527 g/mol. The van der Waals surface area contributed by atoms with E-state index in [1.807, 2.05) is 75.4 Å². The predicted octanol–water partition coefficient (Wildman–Crippen LogP) is 6.71. The average molecular weight is 528 g/mol. The molecule has 3 aromatic rings. The lowest BCUT2D eigenvalue weighted by Gasteiger charge is -2.26. The SMILES string of the molecule is COc1cccc(C2/C(=C(\O)c3cc(C(C)(C)C)ccc3C)C(=O)C(=O)N2Cc2ccc(OC(C)C)cc2)c1. The van der Waals surface area contributed by atoms with Gasteiger partial charge in [-0.25, -0.2) is 0 Å². The molecule has 6 nitrogen and oxygen atoms in total. The van der Waals surface area contributed by atoms with Gasteiger partial charge in [-0.2, -0.15) is 0 Å². The molecular weight excluding hydrogens is 490 g/mol. The predicted molar refractivity (Wildman–Crippen MR) is 153 cm³/mol. The zero-order chi connectivity index (χ0) is 28.5. The van der Waals surface area contributed by atoms with Gasteiger partial charge < -0.3 is 19.5 Å². The van der Waals surface area contributed by atoms with Gasteiger partial charge in [0.2, 0.25) is 0 Å². The first-order chi connectivity index (χ1) is 18.4. The number of amides is 1. The Hall–Kier alpha value is -4.06. The van der Waals surface area contributed by atoms with Crippen LogP contribution in [0.3, 0.4) is 0 Å². The van der Waals surface area contributed by atoms with E-state index < -0.39 is 17.7 Å². The highest BCUT2D eigenvalue weighted by molar-refractivity contribution is 6.46. The first-order valence-corrected chi connectivity index (χ1v) is 13.2. The van der Waals surface area contributed by atoms with Gasteiger partial charge in [-0.05, 0) is 78.8 Å². The molecule has 1 aliphatic rings. The highest BCUT2D eigenvalue weighted by Crippen LogP contribution is 2.42. The molecular formula is C33H37NO5. The van der Waals surface area contributed by atoms with E-state index in [1.54, 1.807) is 19.2 Å². The average Bonchev–Trinajstić information content (AvgIpc) is 3.13. The van der Waals surface area contributed by atoms with Crippen LogP contribution in [0.4, 0.5) is 0 Å². The van der Waals surface area contributed by atoms with Gasteiger partial charge in [0.25, 0.3) is 11.7 Å². The fourth-order valence-electron chi connectivity index (χ4n) is 4.83. The van der Waals surface area contributed by atoms with E-state index in [0.29, 0.717) is 16.9 Å². The quantitative estimate of drug-likeness (QED) is 0.210. The number of nitrogens with zero attached hydrogens (tertiary/aromatic N) is 1. The Bertz CT molecular complexity index is 1410. The first kappa shape index (κ1) is 28.0. The molecule has 1 amide bonds. The van der Waals surface area contributed by atoms with E-state index in [1.165, 1.54) is 4.90 Å². The molecule has 0 bridgehead atoms. The zero-order valence-electron chi connectivity index (χ0n) is 23.7. The summed E-state index contributed by atoms with van der Waals surface area (Å²) < 4.78 is 11.2. The number of hydrogen-bond donors (Lipinski definition) is 1. The zero-order valence-corrected chi connectivity index (χ0v) is 23.7. The van der Waals surface area contributed by atoms with Crippen LogP contribution in [-0.4, -0.2) is 34.9 Å². The molecule has 0 spiro atoms. The second kappa shape index (κ2) is 11.0. The van der Waals surface area contributed by atoms with E-state index in [4.69, 9.17) is 9.47 Å². The van der Waals surface area contributed by atoms with Crippen LogP contribution >= 0.6 is 0 Å². The van der Waals surface area contributed by atoms with Gasteiger partial charge in [0, 0.05) is 12.1 Å². The maximum atomic E-state index is 13.6. The van der Waals surface area contributed by atoms with Crippen molar-refractivity contribution in [3.8, 4) is 11.5 Å². The molecule has 1 N–H and O–H groups in total. The van der Waals surface area contributed by atoms with Crippen LogP contribution in [0, 0.1) is 6.92 Å². The van der Waals surface area contributed by atoms with Gasteiger partial charge in [0.05, 0.1) is 24.8 Å². The maximum absolute atomic E-state index is 13.6. The maximum Gasteiger partial charge on any atom is 0.295 e. The summed E-state index contributed by atoms with van der Waals surface area (Å²) in [6, 6.07) is 19.8. The number of aliphatic hydroxyl groups excluding tert-OH is 1. The molecule has 1 saturated heterocycles. The third kappa shape index (κ3) is 5.85. The van der Waals surface area contributed by atoms with Crippen molar-refractivity contribution in [2.24, 2.45) is 0 Å². The van der Waals surface area contributed by atoms with E-state index in [2.05, 4.69) is 20.8 Å². The number of hydrogen-bond acceptors (Lipinski definition) is 5. The second-order valence-electron chi connectivity index (χ2n) is 11.3. The van der Waals surface area contributed by atoms with Crippen LogP contribution in [0.5, 0.6) is 11.5 Å². The molecule has 204 valence electrons. The summed E-state index contributed by atoms with van der Waals surface area (Å²) in [4.78, 5) is 28.6. The molecule has 6 heteroatoms. The van der Waals surface area contributed by atoms with Crippen molar-refractivity contribution in [1.29, 1.82) is 0 Å². The lowest BCUT2D eigenvalue weighted by atomic mass is 9.84. The number of aryl methyl sites for hydroxylation is 1. The summed E-state index contributed by atoms with van der Waals surface area (Å²) in [5.41, 5.74) is 3.81. The smallest absolute Gasteiger partial charge is 0.295 e. The highest BCUT2D eigenvalue weighted by atomic mass is 16.5. The lowest BCUT2D eigenvalue weighted by molar-refractivity contribution is -0.140. The number of aliphatic hydroxyl groups is 1. The molecule has 0 saturated carbocycles. The van der Waals surface area contributed by atoms with E-state index >= 15 is 0 Å². The Balaban J connectivity index is 1.85. The number of Topliss-reactive ketones (excluding diaryl/α,β-unsaturated/α-hetero) is 1.